The number of hydrogen-bond acceptors (Lipinski definition) is 1. The molecule has 0 bridgehead atoms. The van der Waals surface area contributed by atoms with E-state index in [1.807, 2.05) is 0 Å². The van der Waals surface area contributed by atoms with Gasteiger partial charge < -0.3 is 5.11 Å². The van der Waals surface area contributed by atoms with Gasteiger partial charge in [0, 0.05) is 5.88 Å². The molecule has 0 heterocycles. The first kappa shape index (κ1) is 9.83. The van der Waals surface area contributed by atoms with Crippen LogP contribution in [0.4, 0.5) is 0 Å². The number of halogens is 3. The van der Waals surface area contributed by atoms with Crippen molar-refractivity contribution in [2.24, 2.45) is 0 Å². The Morgan fingerprint density at radius 2 is 2.00 bits per heavy atom. The third-order valence-electron chi connectivity index (χ3n) is 1.04. The van der Waals surface area contributed by atoms with E-state index in [1.165, 1.54) is 6.92 Å². The molecule has 0 rings (SSSR count). The van der Waals surface area contributed by atoms with Crippen molar-refractivity contribution >= 4 is 34.8 Å². The van der Waals surface area contributed by atoms with Crippen molar-refractivity contribution in [1.82, 2.24) is 0 Å². The van der Waals surface area contributed by atoms with Crippen molar-refractivity contribution in [2.45, 2.75) is 23.8 Å². The minimum atomic E-state index is -1.08. The van der Waals surface area contributed by atoms with E-state index in [0.29, 0.717) is 12.3 Å². The Hall–Kier alpha value is 0.830. The predicted octanol–water partition coefficient (Wildman–Crippen LogP) is 2.17. The standard InChI is InChI=1S/C5H9Cl3O/c1-4(9)5(7,8)2-3-6/h4,9H,2-3H2,1H3. The van der Waals surface area contributed by atoms with Crippen LogP contribution in [-0.4, -0.2) is 21.4 Å². The van der Waals surface area contributed by atoms with E-state index < -0.39 is 10.4 Å². The number of aliphatic hydroxyl groups is 1. The summed E-state index contributed by atoms with van der Waals surface area (Å²) in [5, 5.41) is 8.89. The van der Waals surface area contributed by atoms with Crippen LogP contribution in [0.2, 0.25) is 0 Å². The topological polar surface area (TPSA) is 20.2 Å². The van der Waals surface area contributed by atoms with Crippen LogP contribution in [0.1, 0.15) is 13.3 Å². The first-order valence-corrected chi connectivity index (χ1v) is 3.91. The highest BCUT2D eigenvalue weighted by Crippen LogP contribution is 2.29. The fraction of sp³-hybridized carbons (Fsp3) is 1.00. The summed E-state index contributed by atoms with van der Waals surface area (Å²) in [5.74, 6) is 0.359. The Kier molecular flexibility index (Phi) is 4.22. The van der Waals surface area contributed by atoms with Gasteiger partial charge in [0.25, 0.3) is 0 Å². The van der Waals surface area contributed by atoms with Gasteiger partial charge >= 0.3 is 0 Å². The van der Waals surface area contributed by atoms with Crippen LogP contribution in [0.25, 0.3) is 0 Å². The lowest BCUT2D eigenvalue weighted by Gasteiger charge is -2.20. The van der Waals surface area contributed by atoms with Crippen molar-refractivity contribution in [3.63, 3.8) is 0 Å². The Labute approximate surface area is 69.9 Å². The summed E-state index contributed by atoms with van der Waals surface area (Å²) >= 11 is 16.6. The number of aliphatic hydroxyl groups excluding tert-OH is 1. The highest BCUT2D eigenvalue weighted by molar-refractivity contribution is 6.49. The molecule has 4 heteroatoms. The molecule has 0 aromatic carbocycles. The molecule has 0 radical (unpaired) electrons. The van der Waals surface area contributed by atoms with E-state index in [4.69, 9.17) is 39.9 Å². The molecule has 0 aliphatic rings. The zero-order valence-electron chi connectivity index (χ0n) is 5.07. The van der Waals surface area contributed by atoms with Crippen LogP contribution in [0.5, 0.6) is 0 Å². The smallest absolute Gasteiger partial charge is 0.144 e. The molecule has 1 nitrogen and oxygen atoms in total. The molecule has 1 unspecified atom stereocenters. The Bertz CT molecular complexity index is 82.3. The quantitative estimate of drug-likeness (QED) is 0.678. The average Bonchev–Trinajstić information content (AvgIpc) is 1.65. The van der Waals surface area contributed by atoms with Crippen molar-refractivity contribution in [3.05, 3.63) is 0 Å². The molecule has 0 aromatic rings. The van der Waals surface area contributed by atoms with Crippen molar-refractivity contribution in [1.29, 1.82) is 0 Å². The summed E-state index contributed by atoms with van der Waals surface area (Å²) in [6.45, 7) is 1.53. The normalized spacial score (nSPS) is 15.7. The van der Waals surface area contributed by atoms with Gasteiger partial charge in [-0.1, -0.05) is 23.2 Å². The highest BCUT2D eigenvalue weighted by Gasteiger charge is 2.28. The monoisotopic (exact) mass is 190 g/mol. The lowest BCUT2D eigenvalue weighted by atomic mass is 10.2. The van der Waals surface area contributed by atoms with Crippen LogP contribution in [0.15, 0.2) is 0 Å². The Morgan fingerprint density at radius 3 is 2.11 bits per heavy atom. The van der Waals surface area contributed by atoms with Crippen LogP contribution >= 0.6 is 34.8 Å². The molecular formula is C5H9Cl3O. The van der Waals surface area contributed by atoms with Gasteiger partial charge in [-0.05, 0) is 13.3 Å². The van der Waals surface area contributed by atoms with E-state index in [2.05, 4.69) is 0 Å². The van der Waals surface area contributed by atoms with Crippen LogP contribution in [-0.2, 0) is 0 Å². The van der Waals surface area contributed by atoms with Gasteiger partial charge in [0.05, 0.1) is 6.10 Å². The second-order valence-corrected chi connectivity index (χ2v) is 3.80. The fourth-order valence-electron chi connectivity index (χ4n) is 0.335. The molecular weight excluding hydrogens is 182 g/mol. The zero-order chi connectivity index (χ0) is 7.49. The number of rotatable bonds is 3. The minimum absolute atomic E-state index is 0.359. The fourth-order valence-corrected chi connectivity index (χ4v) is 1.02. The molecule has 0 aliphatic heterocycles. The van der Waals surface area contributed by atoms with Crippen LogP contribution in [0, 0.1) is 0 Å². The molecule has 0 aromatic heterocycles. The number of alkyl halides is 3. The van der Waals surface area contributed by atoms with Gasteiger partial charge in [0.15, 0.2) is 0 Å². The first-order chi connectivity index (χ1) is 4.00. The van der Waals surface area contributed by atoms with Crippen LogP contribution < -0.4 is 0 Å². The lowest BCUT2D eigenvalue weighted by molar-refractivity contribution is 0.173. The SMILES string of the molecule is CC(O)C(Cl)(Cl)CCCl. The third kappa shape index (κ3) is 3.51. The molecule has 0 spiro atoms. The maximum atomic E-state index is 8.89. The molecule has 0 saturated heterocycles. The summed E-state index contributed by atoms with van der Waals surface area (Å²) in [5.41, 5.74) is 0. The predicted molar refractivity (Wildman–Crippen MR) is 41.5 cm³/mol. The third-order valence-corrected chi connectivity index (χ3v) is 2.24. The molecule has 1 N–H and O–H groups in total. The zero-order valence-corrected chi connectivity index (χ0v) is 7.34. The second-order valence-electron chi connectivity index (χ2n) is 1.88. The van der Waals surface area contributed by atoms with Gasteiger partial charge in [-0.3, -0.25) is 0 Å². The maximum absolute atomic E-state index is 8.89. The Morgan fingerprint density at radius 1 is 1.56 bits per heavy atom. The minimum Gasteiger partial charge on any atom is -0.390 e. The molecule has 0 aliphatic carbocycles. The molecule has 0 saturated carbocycles. The first-order valence-electron chi connectivity index (χ1n) is 2.62. The second kappa shape index (κ2) is 3.87. The molecule has 1 atom stereocenters. The van der Waals surface area contributed by atoms with Crippen molar-refractivity contribution in [2.75, 3.05) is 5.88 Å². The van der Waals surface area contributed by atoms with E-state index in [0.717, 1.165) is 0 Å². The van der Waals surface area contributed by atoms with E-state index in [-0.39, 0.29) is 0 Å². The molecule has 56 valence electrons. The van der Waals surface area contributed by atoms with Gasteiger partial charge in [0.2, 0.25) is 0 Å². The lowest BCUT2D eigenvalue weighted by Crippen LogP contribution is -2.28. The molecule has 0 fully saturated rings. The van der Waals surface area contributed by atoms with Crippen LogP contribution in [0.3, 0.4) is 0 Å². The summed E-state index contributed by atoms with van der Waals surface area (Å²) < 4.78 is -1.08. The summed E-state index contributed by atoms with van der Waals surface area (Å²) in [6, 6.07) is 0. The van der Waals surface area contributed by atoms with Gasteiger partial charge in [-0.2, -0.15) is 0 Å². The summed E-state index contributed by atoms with van der Waals surface area (Å²) in [6.07, 6.45) is -0.338. The highest BCUT2D eigenvalue weighted by atomic mass is 35.5. The Balaban J connectivity index is 3.70. The maximum Gasteiger partial charge on any atom is 0.144 e. The summed E-state index contributed by atoms with van der Waals surface area (Å²) in [7, 11) is 0. The average molecular weight is 191 g/mol. The molecule has 0 amide bonds. The van der Waals surface area contributed by atoms with Gasteiger partial charge in [0.1, 0.15) is 4.33 Å². The largest absolute Gasteiger partial charge is 0.390 e. The van der Waals surface area contributed by atoms with Crippen molar-refractivity contribution < 1.29 is 5.11 Å². The van der Waals surface area contributed by atoms with E-state index in [1.54, 1.807) is 0 Å². The van der Waals surface area contributed by atoms with Gasteiger partial charge in [-0.25, -0.2) is 0 Å². The molecule has 9 heavy (non-hydrogen) atoms. The van der Waals surface area contributed by atoms with Gasteiger partial charge in [-0.15, -0.1) is 11.6 Å². The summed E-state index contributed by atoms with van der Waals surface area (Å²) in [4.78, 5) is 0. The van der Waals surface area contributed by atoms with E-state index >= 15 is 0 Å². The van der Waals surface area contributed by atoms with Crippen molar-refractivity contribution in [3.8, 4) is 0 Å². The number of hydrogen-bond donors (Lipinski definition) is 1. The van der Waals surface area contributed by atoms with E-state index in [9.17, 15) is 0 Å².